The fourth-order valence-electron chi connectivity index (χ4n) is 2.33. The summed E-state index contributed by atoms with van der Waals surface area (Å²) < 4.78 is 0. The number of nitrogens with zero attached hydrogens (tertiary/aromatic N) is 1. The largest absolute Gasteiger partial charge is 0.325 e. The van der Waals surface area contributed by atoms with E-state index < -0.39 is 0 Å². The van der Waals surface area contributed by atoms with Gasteiger partial charge in [0, 0.05) is 35.0 Å². The smallest absolute Gasteiger partial charge is 0.238 e. The molecular formula is C18H16ClN3O. The Hall–Kier alpha value is -2.43. The molecule has 2 aromatic carbocycles. The van der Waals surface area contributed by atoms with Crippen molar-refractivity contribution in [3.8, 4) is 0 Å². The van der Waals surface area contributed by atoms with Crippen LogP contribution in [0.1, 0.15) is 5.56 Å². The molecule has 4 nitrogen and oxygen atoms in total. The van der Waals surface area contributed by atoms with Gasteiger partial charge >= 0.3 is 0 Å². The van der Waals surface area contributed by atoms with E-state index in [-0.39, 0.29) is 12.5 Å². The van der Waals surface area contributed by atoms with Gasteiger partial charge in [-0.05, 0) is 41.3 Å². The standard InChI is InChI=1S/C18H16ClN3O/c19-16-3-1-2-13(8-16)10-21-12-18(23)22-17-5-4-15-11-20-7-6-14(15)9-17/h1-9,11,21H,10,12H2,(H,22,23). The zero-order chi connectivity index (χ0) is 16.1. The van der Waals surface area contributed by atoms with Crippen LogP contribution in [0.5, 0.6) is 0 Å². The Morgan fingerprint density at radius 3 is 2.87 bits per heavy atom. The van der Waals surface area contributed by atoms with Gasteiger partial charge in [-0.15, -0.1) is 0 Å². The van der Waals surface area contributed by atoms with Crippen LogP contribution in [0.15, 0.2) is 60.9 Å². The normalized spacial score (nSPS) is 10.7. The number of carbonyl (C=O) groups is 1. The van der Waals surface area contributed by atoms with E-state index in [1.807, 2.05) is 48.5 Å². The lowest BCUT2D eigenvalue weighted by molar-refractivity contribution is -0.115. The van der Waals surface area contributed by atoms with E-state index in [1.165, 1.54) is 0 Å². The number of anilines is 1. The Labute approximate surface area is 139 Å². The predicted molar refractivity (Wildman–Crippen MR) is 93.5 cm³/mol. The maximum absolute atomic E-state index is 12.0. The Morgan fingerprint density at radius 2 is 2.00 bits per heavy atom. The minimum absolute atomic E-state index is 0.0829. The van der Waals surface area contributed by atoms with Crippen LogP contribution in [0.2, 0.25) is 5.02 Å². The molecule has 1 amide bonds. The Kier molecular flexibility index (Phi) is 4.86. The molecule has 116 valence electrons. The third kappa shape index (κ3) is 4.28. The highest BCUT2D eigenvalue weighted by Crippen LogP contribution is 2.17. The van der Waals surface area contributed by atoms with Crippen molar-refractivity contribution in [3.05, 3.63) is 71.5 Å². The molecule has 0 aliphatic carbocycles. The zero-order valence-corrected chi connectivity index (χ0v) is 13.2. The van der Waals surface area contributed by atoms with E-state index in [1.54, 1.807) is 12.4 Å². The number of benzene rings is 2. The van der Waals surface area contributed by atoms with Crippen molar-refractivity contribution in [1.29, 1.82) is 0 Å². The molecule has 0 unspecified atom stereocenters. The second-order valence-electron chi connectivity index (χ2n) is 5.22. The molecule has 2 N–H and O–H groups in total. The van der Waals surface area contributed by atoms with Gasteiger partial charge in [-0.25, -0.2) is 0 Å². The third-order valence-corrected chi connectivity index (χ3v) is 3.66. The van der Waals surface area contributed by atoms with Crippen molar-refractivity contribution in [3.63, 3.8) is 0 Å². The van der Waals surface area contributed by atoms with Crippen LogP contribution in [0, 0.1) is 0 Å². The van der Waals surface area contributed by atoms with E-state index >= 15 is 0 Å². The van der Waals surface area contributed by atoms with Crippen LogP contribution in [-0.4, -0.2) is 17.4 Å². The topological polar surface area (TPSA) is 54.0 Å². The summed E-state index contributed by atoms with van der Waals surface area (Å²) in [6, 6.07) is 15.2. The number of pyridine rings is 1. The van der Waals surface area contributed by atoms with Crippen molar-refractivity contribution < 1.29 is 4.79 Å². The van der Waals surface area contributed by atoms with Gasteiger partial charge in [0.25, 0.3) is 0 Å². The van der Waals surface area contributed by atoms with Gasteiger partial charge in [0.05, 0.1) is 6.54 Å². The number of halogens is 1. The van der Waals surface area contributed by atoms with Crippen molar-refractivity contribution in [2.45, 2.75) is 6.54 Å². The van der Waals surface area contributed by atoms with Crippen LogP contribution in [0.3, 0.4) is 0 Å². The first-order valence-corrected chi connectivity index (χ1v) is 7.67. The average Bonchev–Trinajstić information content (AvgIpc) is 2.55. The van der Waals surface area contributed by atoms with Gasteiger partial charge in [0.2, 0.25) is 5.91 Å². The van der Waals surface area contributed by atoms with Gasteiger partial charge in [-0.1, -0.05) is 29.8 Å². The summed E-state index contributed by atoms with van der Waals surface area (Å²) in [7, 11) is 0. The lowest BCUT2D eigenvalue weighted by Gasteiger charge is -2.08. The number of amides is 1. The van der Waals surface area contributed by atoms with E-state index in [9.17, 15) is 4.79 Å². The van der Waals surface area contributed by atoms with Crippen LogP contribution in [-0.2, 0) is 11.3 Å². The Morgan fingerprint density at radius 1 is 1.09 bits per heavy atom. The van der Waals surface area contributed by atoms with E-state index in [2.05, 4.69) is 15.6 Å². The average molecular weight is 326 g/mol. The lowest BCUT2D eigenvalue weighted by Crippen LogP contribution is -2.27. The molecule has 1 aromatic heterocycles. The second-order valence-corrected chi connectivity index (χ2v) is 5.66. The molecular weight excluding hydrogens is 310 g/mol. The predicted octanol–water partition coefficient (Wildman–Crippen LogP) is 3.62. The molecule has 0 saturated carbocycles. The number of aromatic nitrogens is 1. The van der Waals surface area contributed by atoms with Crippen molar-refractivity contribution in [1.82, 2.24) is 10.3 Å². The summed E-state index contributed by atoms with van der Waals surface area (Å²) in [5.41, 5.74) is 1.82. The molecule has 0 bridgehead atoms. The van der Waals surface area contributed by atoms with Gasteiger partial charge in [-0.3, -0.25) is 9.78 Å². The van der Waals surface area contributed by atoms with Crippen molar-refractivity contribution in [2.75, 3.05) is 11.9 Å². The van der Waals surface area contributed by atoms with Gasteiger partial charge < -0.3 is 10.6 Å². The molecule has 0 radical (unpaired) electrons. The molecule has 23 heavy (non-hydrogen) atoms. The molecule has 5 heteroatoms. The van der Waals surface area contributed by atoms with Crippen molar-refractivity contribution >= 4 is 34.0 Å². The van der Waals surface area contributed by atoms with Crippen LogP contribution in [0.25, 0.3) is 10.8 Å². The Bertz CT molecular complexity index is 835. The number of hydrogen-bond donors (Lipinski definition) is 2. The molecule has 0 aliphatic rings. The highest BCUT2D eigenvalue weighted by atomic mass is 35.5. The number of fused-ring (bicyclic) bond motifs is 1. The number of nitrogens with one attached hydrogen (secondary N) is 2. The molecule has 0 saturated heterocycles. The van der Waals surface area contributed by atoms with Gasteiger partial charge in [-0.2, -0.15) is 0 Å². The fraction of sp³-hybridized carbons (Fsp3) is 0.111. The first-order chi connectivity index (χ1) is 11.2. The summed E-state index contributed by atoms with van der Waals surface area (Å²) in [6.07, 6.45) is 3.54. The minimum Gasteiger partial charge on any atom is -0.325 e. The second kappa shape index (κ2) is 7.22. The van der Waals surface area contributed by atoms with Crippen molar-refractivity contribution in [2.24, 2.45) is 0 Å². The van der Waals surface area contributed by atoms with E-state index in [4.69, 9.17) is 11.6 Å². The summed E-state index contributed by atoms with van der Waals surface area (Å²) in [4.78, 5) is 16.1. The number of rotatable bonds is 5. The van der Waals surface area contributed by atoms with Gasteiger partial charge in [0.1, 0.15) is 0 Å². The maximum atomic E-state index is 12.0. The number of hydrogen-bond acceptors (Lipinski definition) is 3. The fourth-order valence-corrected chi connectivity index (χ4v) is 2.55. The monoisotopic (exact) mass is 325 g/mol. The third-order valence-electron chi connectivity index (χ3n) is 3.43. The zero-order valence-electron chi connectivity index (χ0n) is 12.4. The molecule has 3 aromatic rings. The molecule has 1 heterocycles. The Balaban J connectivity index is 1.54. The molecule has 0 atom stereocenters. The highest BCUT2D eigenvalue weighted by Gasteiger charge is 2.03. The van der Waals surface area contributed by atoms with E-state index in [0.717, 1.165) is 22.0 Å². The van der Waals surface area contributed by atoms with Crippen LogP contribution >= 0.6 is 11.6 Å². The van der Waals surface area contributed by atoms with Crippen LogP contribution < -0.4 is 10.6 Å². The number of carbonyl (C=O) groups excluding carboxylic acids is 1. The first-order valence-electron chi connectivity index (χ1n) is 7.29. The lowest BCUT2D eigenvalue weighted by atomic mass is 10.1. The molecule has 0 aliphatic heterocycles. The highest BCUT2D eigenvalue weighted by molar-refractivity contribution is 6.30. The summed E-state index contributed by atoms with van der Waals surface area (Å²) in [5.74, 6) is -0.0829. The first kappa shape index (κ1) is 15.5. The summed E-state index contributed by atoms with van der Waals surface area (Å²) in [5, 5.41) is 8.78. The van der Waals surface area contributed by atoms with E-state index in [0.29, 0.717) is 11.6 Å². The van der Waals surface area contributed by atoms with Gasteiger partial charge in [0.15, 0.2) is 0 Å². The SMILES string of the molecule is O=C(CNCc1cccc(Cl)c1)Nc1ccc2cnccc2c1. The summed E-state index contributed by atoms with van der Waals surface area (Å²) >= 11 is 5.93. The molecule has 0 spiro atoms. The minimum atomic E-state index is -0.0829. The molecule has 3 rings (SSSR count). The quantitative estimate of drug-likeness (QED) is 0.753. The summed E-state index contributed by atoms with van der Waals surface area (Å²) in [6.45, 7) is 0.832. The maximum Gasteiger partial charge on any atom is 0.238 e. The molecule has 0 fully saturated rings. The van der Waals surface area contributed by atoms with Crippen LogP contribution in [0.4, 0.5) is 5.69 Å².